The minimum absolute atomic E-state index is 0.326. The van der Waals surface area contributed by atoms with Gasteiger partial charge in [0.1, 0.15) is 0 Å². The molecule has 0 radical (unpaired) electrons. The van der Waals surface area contributed by atoms with Gasteiger partial charge in [-0.1, -0.05) is 12.1 Å². The highest BCUT2D eigenvalue weighted by Crippen LogP contribution is 2.13. The molecule has 0 bridgehead atoms. The molecule has 0 fully saturated rings. The van der Waals surface area contributed by atoms with Gasteiger partial charge in [0, 0.05) is 13.1 Å². The number of carbonyl (C=O) groups is 1. The Morgan fingerprint density at radius 3 is 2.50 bits per heavy atom. The van der Waals surface area contributed by atoms with Gasteiger partial charge in [-0.25, -0.2) is 4.79 Å². The molecule has 0 atom stereocenters. The van der Waals surface area contributed by atoms with E-state index in [1.54, 1.807) is 23.5 Å². The molecule has 4 heteroatoms. The number of aryl methyl sites for hydroxylation is 1. The number of carboxylic acid groups (broad SMARTS) is 1. The Labute approximate surface area is 110 Å². The largest absolute Gasteiger partial charge is 0.478 e. The first-order valence-electron chi connectivity index (χ1n) is 5.71. The van der Waals surface area contributed by atoms with Crippen LogP contribution in [0.25, 0.3) is 0 Å². The Bertz CT molecular complexity index is 531. The highest BCUT2D eigenvalue weighted by atomic mass is 32.1. The van der Waals surface area contributed by atoms with Gasteiger partial charge in [0.2, 0.25) is 0 Å². The van der Waals surface area contributed by atoms with Gasteiger partial charge in [-0.3, -0.25) is 0 Å². The van der Waals surface area contributed by atoms with Gasteiger partial charge in [0.15, 0.2) is 0 Å². The topological polar surface area (TPSA) is 49.3 Å². The van der Waals surface area contributed by atoms with Crippen molar-refractivity contribution in [1.82, 2.24) is 5.32 Å². The highest BCUT2D eigenvalue weighted by Gasteiger charge is 2.02. The molecule has 0 spiro atoms. The third kappa shape index (κ3) is 3.18. The maximum Gasteiger partial charge on any atom is 0.335 e. The van der Waals surface area contributed by atoms with Crippen molar-refractivity contribution < 1.29 is 9.90 Å². The standard InChI is InChI=1S/C14H15NO2S/c1-10-8-18-9-13(10)7-15-6-11-2-4-12(5-3-11)14(16)17/h2-5,8-9,15H,6-7H2,1H3,(H,16,17). The van der Waals surface area contributed by atoms with Crippen LogP contribution in [0.5, 0.6) is 0 Å². The normalized spacial score (nSPS) is 10.5. The van der Waals surface area contributed by atoms with Crippen molar-refractivity contribution in [2.45, 2.75) is 20.0 Å². The van der Waals surface area contributed by atoms with Crippen LogP contribution in [-0.2, 0) is 13.1 Å². The molecule has 0 saturated heterocycles. The van der Waals surface area contributed by atoms with Crippen LogP contribution in [0.2, 0.25) is 0 Å². The minimum Gasteiger partial charge on any atom is -0.478 e. The monoisotopic (exact) mass is 261 g/mol. The molecule has 3 nitrogen and oxygen atoms in total. The fourth-order valence-corrected chi connectivity index (χ4v) is 2.53. The van der Waals surface area contributed by atoms with Crippen LogP contribution in [0, 0.1) is 6.92 Å². The molecule has 0 aliphatic heterocycles. The van der Waals surface area contributed by atoms with E-state index in [1.165, 1.54) is 11.1 Å². The molecule has 94 valence electrons. The Morgan fingerprint density at radius 2 is 1.94 bits per heavy atom. The number of hydrogen-bond acceptors (Lipinski definition) is 3. The van der Waals surface area contributed by atoms with Crippen molar-refractivity contribution in [3.8, 4) is 0 Å². The lowest BCUT2D eigenvalue weighted by atomic mass is 10.1. The van der Waals surface area contributed by atoms with Crippen LogP contribution in [0.15, 0.2) is 35.0 Å². The molecule has 0 amide bonds. The first-order chi connectivity index (χ1) is 8.66. The van der Waals surface area contributed by atoms with E-state index in [1.807, 2.05) is 12.1 Å². The third-order valence-electron chi connectivity index (χ3n) is 2.81. The summed E-state index contributed by atoms with van der Waals surface area (Å²) >= 11 is 1.71. The number of hydrogen-bond donors (Lipinski definition) is 2. The Morgan fingerprint density at radius 1 is 1.22 bits per heavy atom. The Kier molecular flexibility index (Phi) is 4.12. The number of thiophene rings is 1. The van der Waals surface area contributed by atoms with Gasteiger partial charge in [0.05, 0.1) is 5.56 Å². The summed E-state index contributed by atoms with van der Waals surface area (Å²) in [7, 11) is 0. The Balaban J connectivity index is 1.87. The van der Waals surface area contributed by atoms with Crippen LogP contribution in [-0.4, -0.2) is 11.1 Å². The Hall–Kier alpha value is -1.65. The van der Waals surface area contributed by atoms with Gasteiger partial charge in [0.25, 0.3) is 0 Å². The molecule has 1 aromatic heterocycles. The van der Waals surface area contributed by atoms with E-state index in [0.29, 0.717) is 5.56 Å². The summed E-state index contributed by atoms with van der Waals surface area (Å²) in [6.07, 6.45) is 0. The maximum atomic E-state index is 10.7. The number of aromatic carboxylic acids is 1. The van der Waals surface area contributed by atoms with Crippen LogP contribution in [0.1, 0.15) is 27.0 Å². The average Bonchev–Trinajstić information content (AvgIpc) is 2.76. The lowest BCUT2D eigenvalue weighted by Crippen LogP contribution is -2.12. The smallest absolute Gasteiger partial charge is 0.335 e. The average molecular weight is 261 g/mol. The maximum absolute atomic E-state index is 10.7. The summed E-state index contributed by atoms with van der Waals surface area (Å²) in [4.78, 5) is 10.7. The highest BCUT2D eigenvalue weighted by molar-refractivity contribution is 7.08. The van der Waals surface area contributed by atoms with Gasteiger partial charge < -0.3 is 10.4 Å². The zero-order chi connectivity index (χ0) is 13.0. The summed E-state index contributed by atoms with van der Waals surface area (Å²) in [5.74, 6) is -0.886. The van der Waals surface area contributed by atoms with Gasteiger partial charge in [-0.2, -0.15) is 11.3 Å². The molecule has 0 aliphatic carbocycles. The van der Waals surface area contributed by atoms with Gasteiger partial charge >= 0.3 is 5.97 Å². The lowest BCUT2D eigenvalue weighted by Gasteiger charge is -2.05. The number of nitrogens with one attached hydrogen (secondary N) is 1. The zero-order valence-corrected chi connectivity index (χ0v) is 11.0. The second-order valence-electron chi connectivity index (χ2n) is 4.19. The SMILES string of the molecule is Cc1cscc1CNCc1ccc(C(=O)O)cc1. The van der Waals surface area contributed by atoms with E-state index in [4.69, 9.17) is 5.11 Å². The molecule has 0 saturated carbocycles. The predicted octanol–water partition coefficient (Wildman–Crippen LogP) is 3.04. The van der Waals surface area contributed by atoms with E-state index < -0.39 is 5.97 Å². The van der Waals surface area contributed by atoms with Crippen molar-refractivity contribution in [1.29, 1.82) is 0 Å². The predicted molar refractivity (Wildman–Crippen MR) is 73.0 cm³/mol. The van der Waals surface area contributed by atoms with Crippen molar-refractivity contribution in [2.75, 3.05) is 0 Å². The molecule has 2 rings (SSSR count). The van der Waals surface area contributed by atoms with Gasteiger partial charge in [-0.05, 0) is 46.5 Å². The van der Waals surface area contributed by atoms with Crippen molar-refractivity contribution >= 4 is 17.3 Å². The number of rotatable bonds is 5. The molecule has 18 heavy (non-hydrogen) atoms. The van der Waals surface area contributed by atoms with Gasteiger partial charge in [-0.15, -0.1) is 0 Å². The van der Waals surface area contributed by atoms with E-state index in [0.717, 1.165) is 18.7 Å². The van der Waals surface area contributed by atoms with Crippen LogP contribution in [0.3, 0.4) is 0 Å². The van der Waals surface area contributed by atoms with Crippen LogP contribution >= 0.6 is 11.3 Å². The quantitative estimate of drug-likeness (QED) is 0.869. The van der Waals surface area contributed by atoms with Crippen LogP contribution < -0.4 is 5.32 Å². The minimum atomic E-state index is -0.886. The molecule has 1 heterocycles. The fraction of sp³-hybridized carbons (Fsp3) is 0.214. The first-order valence-corrected chi connectivity index (χ1v) is 6.65. The van der Waals surface area contributed by atoms with E-state index in [9.17, 15) is 4.79 Å². The van der Waals surface area contributed by atoms with Crippen LogP contribution in [0.4, 0.5) is 0 Å². The summed E-state index contributed by atoms with van der Waals surface area (Å²) in [5, 5.41) is 16.4. The molecule has 0 aliphatic rings. The zero-order valence-electron chi connectivity index (χ0n) is 10.1. The first kappa shape index (κ1) is 12.8. The summed E-state index contributed by atoms with van der Waals surface area (Å²) in [6, 6.07) is 6.96. The molecular formula is C14H15NO2S. The summed E-state index contributed by atoms with van der Waals surface area (Å²) in [6.45, 7) is 3.69. The molecule has 2 N–H and O–H groups in total. The van der Waals surface area contributed by atoms with Crippen molar-refractivity contribution in [2.24, 2.45) is 0 Å². The van der Waals surface area contributed by atoms with E-state index in [-0.39, 0.29) is 0 Å². The number of benzene rings is 1. The molecule has 0 unspecified atom stereocenters. The molecular weight excluding hydrogens is 246 g/mol. The molecule has 1 aromatic carbocycles. The fourth-order valence-electron chi connectivity index (χ4n) is 1.67. The van der Waals surface area contributed by atoms with Crippen molar-refractivity contribution in [3.63, 3.8) is 0 Å². The summed E-state index contributed by atoms with van der Waals surface area (Å²) < 4.78 is 0. The lowest BCUT2D eigenvalue weighted by molar-refractivity contribution is 0.0697. The van der Waals surface area contributed by atoms with E-state index in [2.05, 4.69) is 23.0 Å². The second-order valence-corrected chi connectivity index (χ2v) is 4.93. The molecule has 2 aromatic rings. The second kappa shape index (κ2) is 5.80. The third-order valence-corrected chi connectivity index (χ3v) is 3.72. The summed E-state index contributed by atoms with van der Waals surface area (Å²) in [5.41, 5.74) is 4.05. The van der Waals surface area contributed by atoms with Crippen molar-refractivity contribution in [3.05, 3.63) is 57.3 Å². The van der Waals surface area contributed by atoms with E-state index >= 15 is 0 Å². The number of carboxylic acids is 1.